The van der Waals surface area contributed by atoms with Crippen LogP contribution >= 0.6 is 35.7 Å². The standard InChI is InChI=1S/C19H32N8OS.HI/c1-15-12-17(24-28-15)14-26-7-9-27(10-8-26)19(20-6-5-11-29-4)21-13-18-23-22-16(2)25(18)3;/h12H,5-11,13-14H2,1-4H3,(H,20,21);1H. The fourth-order valence-corrected chi connectivity index (χ4v) is 3.69. The zero-order chi connectivity index (χ0) is 20.6. The second-order valence-electron chi connectivity index (χ2n) is 7.33. The summed E-state index contributed by atoms with van der Waals surface area (Å²) in [6.45, 7) is 9.98. The molecule has 0 atom stereocenters. The minimum atomic E-state index is 0. The number of thioether (sulfide) groups is 1. The second-order valence-corrected chi connectivity index (χ2v) is 8.31. The van der Waals surface area contributed by atoms with E-state index in [4.69, 9.17) is 9.52 Å². The number of aromatic nitrogens is 4. The number of hydrogen-bond acceptors (Lipinski definition) is 7. The highest BCUT2D eigenvalue weighted by Gasteiger charge is 2.21. The first-order valence-corrected chi connectivity index (χ1v) is 11.5. The van der Waals surface area contributed by atoms with E-state index in [1.807, 2.05) is 43.3 Å². The zero-order valence-electron chi connectivity index (χ0n) is 18.3. The molecule has 30 heavy (non-hydrogen) atoms. The Balaban J connectivity index is 0.00000320. The third-order valence-electron chi connectivity index (χ3n) is 5.10. The molecule has 0 unspecified atom stereocenters. The summed E-state index contributed by atoms with van der Waals surface area (Å²) in [5.41, 5.74) is 0.998. The van der Waals surface area contributed by atoms with E-state index in [2.05, 4.69) is 36.7 Å². The van der Waals surface area contributed by atoms with E-state index in [9.17, 15) is 0 Å². The lowest BCUT2D eigenvalue weighted by atomic mass is 10.3. The van der Waals surface area contributed by atoms with Crippen LogP contribution in [-0.2, 0) is 20.1 Å². The minimum absolute atomic E-state index is 0. The van der Waals surface area contributed by atoms with E-state index in [1.165, 1.54) is 0 Å². The summed E-state index contributed by atoms with van der Waals surface area (Å²) in [6.07, 6.45) is 3.26. The number of aryl methyl sites for hydroxylation is 2. The molecule has 11 heteroatoms. The minimum Gasteiger partial charge on any atom is -0.361 e. The smallest absolute Gasteiger partial charge is 0.194 e. The van der Waals surface area contributed by atoms with Crippen molar-refractivity contribution in [1.29, 1.82) is 0 Å². The van der Waals surface area contributed by atoms with Gasteiger partial charge in [0.25, 0.3) is 0 Å². The number of guanidine groups is 1. The number of halogens is 1. The van der Waals surface area contributed by atoms with Gasteiger partial charge in [-0.25, -0.2) is 4.99 Å². The Morgan fingerprint density at radius 3 is 2.60 bits per heavy atom. The van der Waals surface area contributed by atoms with Gasteiger partial charge >= 0.3 is 0 Å². The van der Waals surface area contributed by atoms with Crippen LogP contribution in [0, 0.1) is 13.8 Å². The van der Waals surface area contributed by atoms with Gasteiger partial charge in [-0.3, -0.25) is 4.90 Å². The summed E-state index contributed by atoms with van der Waals surface area (Å²) in [7, 11) is 1.98. The monoisotopic (exact) mass is 548 g/mol. The van der Waals surface area contributed by atoms with E-state index in [0.29, 0.717) is 6.54 Å². The molecule has 0 amide bonds. The van der Waals surface area contributed by atoms with Crippen molar-refractivity contribution in [2.24, 2.45) is 12.0 Å². The largest absolute Gasteiger partial charge is 0.361 e. The van der Waals surface area contributed by atoms with Crippen LogP contribution in [0.3, 0.4) is 0 Å². The molecule has 3 heterocycles. The van der Waals surface area contributed by atoms with Crippen LogP contribution in [-0.4, -0.2) is 80.4 Å². The van der Waals surface area contributed by atoms with Gasteiger partial charge < -0.3 is 19.3 Å². The van der Waals surface area contributed by atoms with Gasteiger partial charge in [-0.2, -0.15) is 11.8 Å². The highest BCUT2D eigenvalue weighted by molar-refractivity contribution is 14.0. The lowest BCUT2D eigenvalue weighted by Crippen LogP contribution is -2.52. The van der Waals surface area contributed by atoms with Gasteiger partial charge in [0.05, 0.1) is 5.69 Å². The van der Waals surface area contributed by atoms with Gasteiger partial charge in [-0.1, -0.05) is 5.16 Å². The van der Waals surface area contributed by atoms with Crippen molar-refractivity contribution in [3.05, 3.63) is 29.2 Å². The predicted molar refractivity (Wildman–Crippen MR) is 131 cm³/mol. The van der Waals surface area contributed by atoms with Crippen LogP contribution in [0.5, 0.6) is 0 Å². The molecule has 9 nitrogen and oxygen atoms in total. The molecule has 2 aromatic heterocycles. The SMILES string of the molecule is CSCCCNC(=NCc1nnc(C)n1C)N1CCN(Cc2cc(C)on2)CC1.I. The molecule has 1 aliphatic rings. The normalized spacial score (nSPS) is 15.3. The molecule has 168 valence electrons. The van der Waals surface area contributed by atoms with E-state index in [1.54, 1.807) is 0 Å². The van der Waals surface area contributed by atoms with Gasteiger partial charge in [0.15, 0.2) is 11.8 Å². The van der Waals surface area contributed by atoms with Gasteiger partial charge in [0.2, 0.25) is 0 Å². The summed E-state index contributed by atoms with van der Waals surface area (Å²) < 4.78 is 7.18. The van der Waals surface area contributed by atoms with Gasteiger partial charge in [-0.15, -0.1) is 34.2 Å². The third kappa shape index (κ3) is 7.12. The van der Waals surface area contributed by atoms with Gasteiger partial charge in [0.1, 0.15) is 18.1 Å². The molecule has 0 spiro atoms. The Hall–Kier alpha value is -1.34. The average Bonchev–Trinajstić information content (AvgIpc) is 3.27. The molecule has 1 saturated heterocycles. The lowest BCUT2D eigenvalue weighted by Gasteiger charge is -2.36. The first kappa shape index (κ1) is 24.9. The topological polar surface area (TPSA) is 87.6 Å². The maximum atomic E-state index is 5.18. The molecule has 0 aromatic carbocycles. The number of nitrogens with one attached hydrogen (secondary N) is 1. The molecule has 3 rings (SSSR count). The first-order valence-electron chi connectivity index (χ1n) is 10.1. The molecule has 0 bridgehead atoms. The highest BCUT2D eigenvalue weighted by Crippen LogP contribution is 2.10. The van der Waals surface area contributed by atoms with Gasteiger partial charge in [0, 0.05) is 52.4 Å². The number of rotatable bonds is 8. The summed E-state index contributed by atoms with van der Waals surface area (Å²) >= 11 is 1.87. The Morgan fingerprint density at radius 1 is 1.23 bits per heavy atom. The van der Waals surface area contributed by atoms with Gasteiger partial charge in [-0.05, 0) is 32.3 Å². The van der Waals surface area contributed by atoms with Crippen LogP contribution in [0.1, 0.15) is 29.5 Å². The van der Waals surface area contributed by atoms with Crippen LogP contribution in [0.25, 0.3) is 0 Å². The van der Waals surface area contributed by atoms with Crippen LogP contribution in [0.4, 0.5) is 0 Å². The predicted octanol–water partition coefficient (Wildman–Crippen LogP) is 2.05. The highest BCUT2D eigenvalue weighted by atomic mass is 127. The maximum absolute atomic E-state index is 5.18. The van der Waals surface area contributed by atoms with Crippen molar-refractivity contribution in [2.75, 3.05) is 44.7 Å². The van der Waals surface area contributed by atoms with Crippen molar-refractivity contribution < 1.29 is 4.52 Å². The van der Waals surface area contributed by atoms with Crippen molar-refractivity contribution in [3.63, 3.8) is 0 Å². The van der Waals surface area contributed by atoms with Crippen molar-refractivity contribution in [3.8, 4) is 0 Å². The van der Waals surface area contributed by atoms with Crippen LogP contribution < -0.4 is 5.32 Å². The Morgan fingerprint density at radius 2 is 2.00 bits per heavy atom. The van der Waals surface area contributed by atoms with E-state index >= 15 is 0 Å². The molecule has 2 aromatic rings. The van der Waals surface area contributed by atoms with Crippen LogP contribution in [0.2, 0.25) is 0 Å². The second kappa shape index (κ2) is 12.5. The lowest BCUT2D eigenvalue weighted by molar-refractivity contribution is 0.169. The number of nitrogens with zero attached hydrogens (tertiary/aromatic N) is 7. The molecular formula is C19H33IN8OS. The molecule has 1 N–H and O–H groups in total. The fraction of sp³-hybridized carbons (Fsp3) is 0.684. The number of piperazine rings is 1. The fourth-order valence-electron chi connectivity index (χ4n) is 3.26. The van der Waals surface area contributed by atoms with E-state index in [0.717, 1.165) is 80.5 Å². The van der Waals surface area contributed by atoms with Crippen LogP contribution in [0.15, 0.2) is 15.6 Å². The number of aliphatic imine (C=N–C) groups is 1. The molecule has 0 radical (unpaired) electrons. The van der Waals surface area contributed by atoms with Crippen molar-refractivity contribution >= 4 is 41.7 Å². The summed E-state index contributed by atoms with van der Waals surface area (Å²) in [5.74, 6) is 4.76. The Labute approximate surface area is 200 Å². The Bertz CT molecular complexity index is 800. The third-order valence-corrected chi connectivity index (χ3v) is 5.79. The summed E-state index contributed by atoms with van der Waals surface area (Å²) in [6, 6.07) is 2.01. The molecule has 1 fully saturated rings. The maximum Gasteiger partial charge on any atom is 0.194 e. The summed E-state index contributed by atoms with van der Waals surface area (Å²) in [4.78, 5) is 9.61. The van der Waals surface area contributed by atoms with E-state index < -0.39 is 0 Å². The summed E-state index contributed by atoms with van der Waals surface area (Å²) in [5, 5.41) is 16.0. The molecule has 0 aliphatic carbocycles. The van der Waals surface area contributed by atoms with Crippen molar-refractivity contribution in [2.45, 2.75) is 33.4 Å². The molecule has 0 saturated carbocycles. The zero-order valence-corrected chi connectivity index (χ0v) is 21.4. The molecule has 1 aliphatic heterocycles. The van der Waals surface area contributed by atoms with Crippen molar-refractivity contribution in [1.82, 2.24) is 35.0 Å². The average molecular weight is 548 g/mol. The van der Waals surface area contributed by atoms with E-state index in [-0.39, 0.29) is 24.0 Å². The first-order chi connectivity index (χ1) is 14.1. The number of hydrogen-bond donors (Lipinski definition) is 1. The Kier molecular flexibility index (Phi) is 10.4. The quantitative estimate of drug-likeness (QED) is 0.232. The molecular weight excluding hydrogens is 515 g/mol.